The van der Waals surface area contributed by atoms with E-state index in [0.29, 0.717) is 12.3 Å². The van der Waals surface area contributed by atoms with Crippen LogP contribution in [0.1, 0.15) is 170 Å². The van der Waals surface area contributed by atoms with Crippen molar-refractivity contribution >= 4 is 7.82 Å². The normalized spacial score (nSPS) is 25.6. The third-order valence-corrected chi connectivity index (χ3v) is 11.5. The van der Waals surface area contributed by atoms with Crippen LogP contribution >= 0.6 is 7.82 Å². The minimum absolute atomic E-state index is 0. The van der Waals surface area contributed by atoms with Gasteiger partial charge in [0.2, 0.25) is 0 Å². The molecule has 0 radical (unpaired) electrons. The molecule has 49 heavy (non-hydrogen) atoms. The van der Waals surface area contributed by atoms with Crippen LogP contribution in [0.4, 0.5) is 0 Å². The fraction of sp³-hybridized carbons (Fsp3) is 1.00. The van der Waals surface area contributed by atoms with E-state index in [0.717, 1.165) is 42.9 Å². The van der Waals surface area contributed by atoms with E-state index in [1.807, 2.05) is 0 Å². The standard InChI is InChI=1S/C38H77O9P.Na/c1-7-8-9-10-11-17-29(2)18-12-19-30(3)20-13-21-31(4)22-14-23-32(5)24-15-25-33(6)26-16-27-45-48(43,44)47-38-37(42)36(41)35(40)34(28-39)46-38;/h29-42H,7-28H2,1-6H3,(H,43,44);/q;+1/p-1/t29-,30-,31-,32-,33-,34+,35+,36-,37-,38-;/m0./s1. The maximum Gasteiger partial charge on any atom is 1.00 e. The summed E-state index contributed by atoms with van der Waals surface area (Å²) in [5.74, 6) is 3.73. The average Bonchev–Trinajstić information content (AvgIpc) is 3.03. The Balaban J connectivity index is 0.0000230. The Bertz CT molecular complexity index is 822. The van der Waals surface area contributed by atoms with Gasteiger partial charge >= 0.3 is 29.6 Å². The van der Waals surface area contributed by atoms with E-state index in [2.05, 4.69) is 41.5 Å². The average molecular weight is 731 g/mol. The molecule has 1 aliphatic heterocycles. The second-order valence-corrected chi connectivity index (χ2v) is 17.0. The van der Waals surface area contributed by atoms with Gasteiger partial charge in [0.25, 0.3) is 7.82 Å². The van der Waals surface area contributed by atoms with Gasteiger partial charge in [-0.1, -0.05) is 157 Å². The molecule has 1 heterocycles. The molecule has 0 bridgehead atoms. The maximum atomic E-state index is 12.2. The molecule has 0 saturated carbocycles. The van der Waals surface area contributed by atoms with Gasteiger partial charge in [-0.3, -0.25) is 9.09 Å². The molecule has 288 valence electrons. The van der Waals surface area contributed by atoms with Crippen molar-refractivity contribution in [2.75, 3.05) is 13.2 Å². The fourth-order valence-corrected chi connectivity index (χ4v) is 7.84. The predicted octanol–water partition coefficient (Wildman–Crippen LogP) is 5.29. The molecule has 0 aliphatic carbocycles. The summed E-state index contributed by atoms with van der Waals surface area (Å²) in [4.78, 5) is 12.2. The summed E-state index contributed by atoms with van der Waals surface area (Å²) in [5, 5.41) is 38.8. The van der Waals surface area contributed by atoms with Crippen LogP contribution in [-0.4, -0.2) is 64.3 Å². The summed E-state index contributed by atoms with van der Waals surface area (Å²) < 4.78 is 27.0. The van der Waals surface area contributed by atoms with Gasteiger partial charge in [-0.05, 0) is 42.4 Å². The quantitative estimate of drug-likeness (QED) is 0.0440. The second kappa shape index (κ2) is 29.3. The molecule has 0 aromatic carbocycles. The molecular weight excluding hydrogens is 654 g/mol. The molecule has 4 N–H and O–H groups in total. The van der Waals surface area contributed by atoms with Gasteiger partial charge in [0.1, 0.15) is 24.4 Å². The number of aliphatic hydroxyl groups is 4. The van der Waals surface area contributed by atoms with Gasteiger partial charge in [-0.25, -0.2) is 0 Å². The zero-order chi connectivity index (χ0) is 36.0. The molecule has 9 nitrogen and oxygen atoms in total. The van der Waals surface area contributed by atoms with Crippen LogP contribution in [0, 0.1) is 29.6 Å². The van der Waals surface area contributed by atoms with Gasteiger partial charge in [-0.2, -0.15) is 0 Å². The number of ether oxygens (including phenoxy) is 1. The second-order valence-electron chi connectivity index (χ2n) is 15.7. The molecule has 1 aliphatic rings. The van der Waals surface area contributed by atoms with E-state index in [1.165, 1.54) is 103 Å². The van der Waals surface area contributed by atoms with Crippen LogP contribution in [0.15, 0.2) is 0 Å². The Kier molecular flexibility index (Phi) is 29.8. The topological polar surface area (TPSA) is 149 Å². The van der Waals surface area contributed by atoms with Crippen molar-refractivity contribution < 1.29 is 73.2 Å². The van der Waals surface area contributed by atoms with Gasteiger partial charge in [0, 0.05) is 0 Å². The van der Waals surface area contributed by atoms with Crippen molar-refractivity contribution in [2.45, 2.75) is 201 Å². The van der Waals surface area contributed by atoms with Crippen LogP contribution in [0.3, 0.4) is 0 Å². The molecule has 1 saturated heterocycles. The molecule has 1 fully saturated rings. The molecular formula is C38H76NaO9P. The third kappa shape index (κ3) is 24.0. The van der Waals surface area contributed by atoms with Gasteiger partial charge < -0.3 is 34.6 Å². The third-order valence-electron chi connectivity index (χ3n) is 10.5. The Morgan fingerprint density at radius 3 is 1.41 bits per heavy atom. The van der Waals surface area contributed by atoms with Crippen LogP contribution in [0.2, 0.25) is 0 Å². The Morgan fingerprint density at radius 2 is 1.00 bits per heavy atom. The number of rotatable bonds is 30. The van der Waals surface area contributed by atoms with Crippen molar-refractivity contribution in [3.05, 3.63) is 0 Å². The number of hydrogen-bond acceptors (Lipinski definition) is 9. The predicted molar refractivity (Wildman–Crippen MR) is 192 cm³/mol. The van der Waals surface area contributed by atoms with Crippen molar-refractivity contribution in [2.24, 2.45) is 29.6 Å². The zero-order valence-corrected chi connectivity index (χ0v) is 35.5. The maximum absolute atomic E-state index is 12.2. The van der Waals surface area contributed by atoms with E-state index >= 15 is 0 Å². The SMILES string of the molecule is CCCCCCC[C@H](C)CCC[C@H](C)CCC[C@H](C)CCC[C@H](C)CCC[C@H](C)CCCOP(=O)([O-])O[C@@H]1O[C@H](CO)[C@@H](O)[C@H](O)[C@@H]1O.[Na+]. The zero-order valence-electron chi connectivity index (χ0n) is 32.6. The molecule has 11 heteroatoms. The molecule has 0 amide bonds. The van der Waals surface area contributed by atoms with Crippen molar-refractivity contribution in [3.63, 3.8) is 0 Å². The van der Waals surface area contributed by atoms with E-state index in [9.17, 15) is 29.9 Å². The first-order chi connectivity index (χ1) is 22.8. The van der Waals surface area contributed by atoms with Gasteiger partial charge in [0.05, 0.1) is 13.2 Å². The minimum atomic E-state index is -4.83. The number of phosphoric ester groups is 1. The summed E-state index contributed by atoms with van der Waals surface area (Å²) in [6, 6.07) is 0. The van der Waals surface area contributed by atoms with Crippen molar-refractivity contribution in [1.29, 1.82) is 0 Å². The van der Waals surface area contributed by atoms with E-state index in [-0.39, 0.29) is 36.2 Å². The molecule has 0 spiro atoms. The van der Waals surface area contributed by atoms with Gasteiger partial charge in [-0.15, -0.1) is 0 Å². The fourth-order valence-electron chi connectivity index (χ4n) is 7.00. The largest absolute Gasteiger partial charge is 1.00 e. The first kappa shape index (κ1) is 49.9. The first-order valence-corrected chi connectivity index (χ1v) is 21.2. The number of aliphatic hydroxyl groups excluding tert-OH is 4. The molecule has 11 atom stereocenters. The smallest absolute Gasteiger partial charge is 0.756 e. The molecule has 1 unspecified atom stereocenters. The van der Waals surface area contributed by atoms with Crippen molar-refractivity contribution in [1.82, 2.24) is 0 Å². The van der Waals surface area contributed by atoms with Crippen LogP contribution in [0.5, 0.6) is 0 Å². The summed E-state index contributed by atoms with van der Waals surface area (Å²) in [6.07, 6.45) is 17.3. The van der Waals surface area contributed by atoms with E-state index < -0.39 is 45.1 Å². The molecule has 1 rings (SSSR count). The van der Waals surface area contributed by atoms with Crippen LogP contribution < -0.4 is 34.5 Å². The van der Waals surface area contributed by atoms with E-state index in [1.54, 1.807) is 0 Å². The monoisotopic (exact) mass is 731 g/mol. The van der Waals surface area contributed by atoms with Gasteiger partial charge in [0.15, 0.2) is 6.29 Å². The van der Waals surface area contributed by atoms with E-state index in [4.69, 9.17) is 13.8 Å². The Labute approximate surface area is 323 Å². The summed E-state index contributed by atoms with van der Waals surface area (Å²) >= 11 is 0. The Morgan fingerprint density at radius 1 is 0.612 bits per heavy atom. The molecule has 0 aromatic heterocycles. The van der Waals surface area contributed by atoms with Crippen LogP contribution in [-0.2, 0) is 18.3 Å². The summed E-state index contributed by atoms with van der Waals surface area (Å²) in [5.41, 5.74) is 0. The summed E-state index contributed by atoms with van der Waals surface area (Å²) in [6.45, 7) is 13.4. The van der Waals surface area contributed by atoms with Crippen molar-refractivity contribution in [3.8, 4) is 0 Å². The minimum Gasteiger partial charge on any atom is -0.756 e. The first-order valence-electron chi connectivity index (χ1n) is 19.7. The Hall–Kier alpha value is 0.910. The van der Waals surface area contributed by atoms with Crippen LogP contribution in [0.25, 0.3) is 0 Å². The number of unbranched alkanes of at least 4 members (excludes halogenated alkanes) is 4. The number of hydrogen-bond donors (Lipinski definition) is 4. The summed E-state index contributed by atoms with van der Waals surface area (Å²) in [7, 11) is -4.83. The number of phosphoric acid groups is 1. The molecule has 0 aromatic rings.